The minimum atomic E-state index is 0.161. The van der Waals surface area contributed by atoms with E-state index in [2.05, 4.69) is 51.3 Å². The molecule has 0 spiro atoms. The molecule has 1 saturated heterocycles. The number of hydrogen-bond donors (Lipinski definition) is 2. The average Bonchev–Trinajstić information content (AvgIpc) is 2.25. The summed E-state index contributed by atoms with van der Waals surface area (Å²) < 4.78 is 0. The molecule has 0 aromatic heterocycles. The van der Waals surface area contributed by atoms with Gasteiger partial charge in [-0.05, 0) is 41.5 Å². The van der Waals surface area contributed by atoms with Crippen molar-refractivity contribution in [2.75, 3.05) is 19.6 Å². The Morgan fingerprint density at radius 2 is 1.39 bits per heavy atom. The molecule has 1 aliphatic rings. The fraction of sp³-hybridized carbons (Fsp3) is 1.00. The zero-order chi connectivity index (χ0) is 14.1. The van der Waals surface area contributed by atoms with Gasteiger partial charge in [-0.3, -0.25) is 9.80 Å². The summed E-state index contributed by atoms with van der Waals surface area (Å²) in [7, 11) is 0. The quantitative estimate of drug-likeness (QED) is 0.783. The van der Waals surface area contributed by atoms with E-state index >= 15 is 0 Å². The van der Waals surface area contributed by atoms with E-state index in [9.17, 15) is 0 Å². The number of piperazine rings is 1. The highest BCUT2D eigenvalue weighted by Gasteiger charge is 2.38. The molecule has 0 radical (unpaired) electrons. The average molecular weight is 256 g/mol. The van der Waals surface area contributed by atoms with E-state index in [0.29, 0.717) is 12.1 Å². The van der Waals surface area contributed by atoms with Crippen molar-refractivity contribution in [1.82, 2.24) is 9.80 Å². The number of nitrogens with zero attached hydrogens (tertiary/aromatic N) is 2. The summed E-state index contributed by atoms with van der Waals surface area (Å²) in [5.41, 5.74) is 12.2. The Morgan fingerprint density at radius 3 is 1.78 bits per heavy atom. The number of hydrogen-bond acceptors (Lipinski definition) is 4. The smallest absolute Gasteiger partial charge is 0.0284 e. The van der Waals surface area contributed by atoms with Gasteiger partial charge in [0, 0.05) is 49.3 Å². The lowest BCUT2D eigenvalue weighted by atomic mass is 9.93. The highest BCUT2D eigenvalue weighted by Crippen LogP contribution is 2.25. The van der Waals surface area contributed by atoms with Crippen LogP contribution in [-0.4, -0.2) is 59.1 Å². The summed E-state index contributed by atoms with van der Waals surface area (Å²) in [6, 6.07) is 1.30. The molecule has 0 aromatic rings. The fourth-order valence-corrected chi connectivity index (χ4v) is 2.92. The van der Waals surface area contributed by atoms with Crippen molar-refractivity contribution in [3.05, 3.63) is 0 Å². The van der Waals surface area contributed by atoms with E-state index in [1.165, 1.54) is 0 Å². The first-order valence-corrected chi connectivity index (χ1v) is 7.18. The first-order valence-electron chi connectivity index (χ1n) is 7.18. The zero-order valence-corrected chi connectivity index (χ0v) is 13.0. The molecule has 0 aromatic carbocycles. The molecule has 0 aliphatic carbocycles. The highest BCUT2D eigenvalue weighted by atomic mass is 15.3. The Balaban J connectivity index is 2.72. The van der Waals surface area contributed by atoms with Gasteiger partial charge < -0.3 is 11.5 Å². The van der Waals surface area contributed by atoms with Crippen LogP contribution in [0.3, 0.4) is 0 Å². The summed E-state index contributed by atoms with van der Waals surface area (Å²) in [6.07, 6.45) is 0. The van der Waals surface area contributed by atoms with Gasteiger partial charge in [0.05, 0.1) is 0 Å². The Labute approximate surface area is 113 Å². The molecule has 4 nitrogen and oxygen atoms in total. The Morgan fingerprint density at radius 1 is 0.889 bits per heavy atom. The maximum atomic E-state index is 6.06. The standard InChI is InChI=1S/C14H32N4/c1-10(15)12(3)17-7-8-18(13(4)11(2)16)14(5,6)9-17/h10-13H,7-9,15-16H2,1-6H3. The largest absolute Gasteiger partial charge is 0.327 e. The molecular formula is C14H32N4. The molecule has 1 aliphatic heterocycles. The van der Waals surface area contributed by atoms with E-state index in [4.69, 9.17) is 11.5 Å². The van der Waals surface area contributed by atoms with Crippen LogP contribution in [0, 0.1) is 0 Å². The summed E-state index contributed by atoms with van der Waals surface area (Å²) in [6.45, 7) is 16.5. The second kappa shape index (κ2) is 5.87. The maximum absolute atomic E-state index is 6.06. The molecule has 18 heavy (non-hydrogen) atoms. The maximum Gasteiger partial charge on any atom is 0.0284 e. The van der Waals surface area contributed by atoms with Crippen molar-refractivity contribution in [1.29, 1.82) is 0 Å². The van der Waals surface area contributed by atoms with Crippen molar-refractivity contribution in [3.63, 3.8) is 0 Å². The van der Waals surface area contributed by atoms with Crippen molar-refractivity contribution in [2.45, 2.75) is 71.2 Å². The molecule has 0 bridgehead atoms. The minimum absolute atomic E-state index is 0.161. The van der Waals surface area contributed by atoms with Crippen molar-refractivity contribution < 1.29 is 0 Å². The van der Waals surface area contributed by atoms with Crippen LogP contribution in [0.1, 0.15) is 41.5 Å². The predicted octanol–water partition coefficient (Wildman–Crippen LogP) is 0.854. The Kier molecular flexibility index (Phi) is 5.18. The van der Waals surface area contributed by atoms with Crippen molar-refractivity contribution in [2.24, 2.45) is 11.5 Å². The van der Waals surface area contributed by atoms with E-state index in [1.807, 2.05) is 0 Å². The van der Waals surface area contributed by atoms with Crippen LogP contribution in [-0.2, 0) is 0 Å². The first kappa shape index (κ1) is 15.9. The van der Waals surface area contributed by atoms with Gasteiger partial charge in [-0.1, -0.05) is 0 Å². The summed E-state index contributed by atoms with van der Waals surface area (Å²) in [5.74, 6) is 0. The fourth-order valence-electron chi connectivity index (χ4n) is 2.92. The lowest BCUT2D eigenvalue weighted by Gasteiger charge is -2.52. The molecule has 1 heterocycles. The summed E-state index contributed by atoms with van der Waals surface area (Å²) >= 11 is 0. The van der Waals surface area contributed by atoms with Gasteiger partial charge in [0.15, 0.2) is 0 Å². The third-order valence-corrected chi connectivity index (χ3v) is 4.59. The molecule has 0 saturated carbocycles. The Bertz CT molecular complexity index is 263. The van der Waals surface area contributed by atoms with Crippen molar-refractivity contribution in [3.8, 4) is 0 Å². The third kappa shape index (κ3) is 3.44. The topological polar surface area (TPSA) is 58.5 Å². The van der Waals surface area contributed by atoms with E-state index in [-0.39, 0.29) is 17.6 Å². The van der Waals surface area contributed by atoms with Crippen LogP contribution < -0.4 is 11.5 Å². The van der Waals surface area contributed by atoms with Gasteiger partial charge in [0.1, 0.15) is 0 Å². The minimum Gasteiger partial charge on any atom is -0.327 e. The van der Waals surface area contributed by atoms with E-state index < -0.39 is 0 Å². The lowest BCUT2D eigenvalue weighted by Crippen LogP contribution is -2.66. The molecule has 4 N–H and O–H groups in total. The molecule has 4 heteroatoms. The van der Waals surface area contributed by atoms with E-state index in [0.717, 1.165) is 19.6 Å². The van der Waals surface area contributed by atoms with Gasteiger partial charge in [-0.25, -0.2) is 0 Å². The third-order valence-electron chi connectivity index (χ3n) is 4.59. The SMILES string of the molecule is CC(N)C(C)N1CCN(C(C)C(C)N)C(C)(C)C1. The van der Waals surface area contributed by atoms with Gasteiger partial charge in [-0.15, -0.1) is 0 Å². The summed E-state index contributed by atoms with van der Waals surface area (Å²) in [5, 5.41) is 0. The second-order valence-corrected chi connectivity index (χ2v) is 6.68. The predicted molar refractivity (Wildman–Crippen MR) is 78.6 cm³/mol. The normalized spacial score (nSPS) is 28.7. The van der Waals surface area contributed by atoms with Gasteiger partial charge in [0.25, 0.3) is 0 Å². The number of rotatable bonds is 4. The molecule has 1 fully saturated rings. The van der Waals surface area contributed by atoms with Crippen molar-refractivity contribution >= 4 is 0 Å². The van der Waals surface area contributed by atoms with Gasteiger partial charge in [0.2, 0.25) is 0 Å². The second-order valence-electron chi connectivity index (χ2n) is 6.68. The molecular weight excluding hydrogens is 224 g/mol. The Hall–Kier alpha value is -0.160. The monoisotopic (exact) mass is 256 g/mol. The first-order chi connectivity index (χ1) is 8.16. The number of nitrogens with two attached hydrogens (primary N) is 2. The van der Waals surface area contributed by atoms with Crippen LogP contribution in [0.2, 0.25) is 0 Å². The van der Waals surface area contributed by atoms with Crippen LogP contribution >= 0.6 is 0 Å². The van der Waals surface area contributed by atoms with Crippen LogP contribution in [0.4, 0.5) is 0 Å². The molecule has 0 amide bonds. The molecule has 4 atom stereocenters. The zero-order valence-electron chi connectivity index (χ0n) is 13.0. The van der Waals surface area contributed by atoms with E-state index in [1.54, 1.807) is 0 Å². The molecule has 1 rings (SSSR count). The summed E-state index contributed by atoms with van der Waals surface area (Å²) in [4.78, 5) is 5.05. The van der Waals surface area contributed by atoms with Crippen LogP contribution in [0.15, 0.2) is 0 Å². The lowest BCUT2D eigenvalue weighted by molar-refractivity contribution is -0.0272. The van der Waals surface area contributed by atoms with Gasteiger partial charge in [-0.2, -0.15) is 0 Å². The van der Waals surface area contributed by atoms with Crippen LogP contribution in [0.25, 0.3) is 0 Å². The molecule has 108 valence electrons. The molecule has 4 unspecified atom stereocenters. The highest BCUT2D eigenvalue weighted by molar-refractivity contribution is 4.96. The van der Waals surface area contributed by atoms with Gasteiger partial charge >= 0.3 is 0 Å². The van der Waals surface area contributed by atoms with Crippen LogP contribution in [0.5, 0.6) is 0 Å².